The summed E-state index contributed by atoms with van der Waals surface area (Å²) in [7, 11) is 0. The fraction of sp³-hybridized carbons (Fsp3) is 0.391. The Balaban J connectivity index is 1.38. The average Bonchev–Trinajstić information content (AvgIpc) is 2.80. The number of hydrogen-bond acceptors (Lipinski definition) is 9. The summed E-state index contributed by atoms with van der Waals surface area (Å²) in [5.41, 5.74) is 1.17. The van der Waals surface area contributed by atoms with E-state index in [1.165, 1.54) is 0 Å². The molecule has 0 saturated carbocycles. The lowest BCUT2D eigenvalue weighted by Gasteiger charge is -2.07. The molecule has 0 aliphatic carbocycles. The Morgan fingerprint density at radius 1 is 1.09 bits per heavy atom. The second-order valence-electron chi connectivity index (χ2n) is 7.15. The van der Waals surface area contributed by atoms with E-state index < -0.39 is 5.63 Å². The third kappa shape index (κ3) is 7.27. The highest BCUT2D eigenvalue weighted by Gasteiger charge is 2.10. The summed E-state index contributed by atoms with van der Waals surface area (Å²) >= 11 is 3.55. The molecule has 0 atom stereocenters. The van der Waals surface area contributed by atoms with Crippen molar-refractivity contribution in [1.29, 1.82) is 0 Å². The van der Waals surface area contributed by atoms with Gasteiger partial charge in [-0.2, -0.15) is 23.5 Å². The van der Waals surface area contributed by atoms with Gasteiger partial charge in [0.2, 0.25) is 5.88 Å². The number of ether oxygens (including phenoxy) is 2. The molecule has 0 N–H and O–H groups in total. The van der Waals surface area contributed by atoms with Crippen LogP contribution in [0, 0.1) is 5.92 Å². The van der Waals surface area contributed by atoms with Crippen molar-refractivity contribution in [3.05, 3.63) is 53.3 Å². The smallest absolute Gasteiger partial charge is 0.344 e. The largest absolute Gasteiger partial charge is 0.477 e. The zero-order valence-corrected chi connectivity index (χ0v) is 19.7. The number of fused-ring (bicyclic) bond motifs is 1. The van der Waals surface area contributed by atoms with E-state index in [0.717, 1.165) is 28.4 Å². The van der Waals surface area contributed by atoms with Gasteiger partial charge in [-0.05, 0) is 12.1 Å². The van der Waals surface area contributed by atoms with Gasteiger partial charge in [-0.3, -0.25) is 9.78 Å². The van der Waals surface area contributed by atoms with E-state index in [0.29, 0.717) is 35.8 Å². The van der Waals surface area contributed by atoms with Crippen molar-refractivity contribution in [3.8, 4) is 17.0 Å². The number of aromatic nitrogens is 2. The first-order chi connectivity index (χ1) is 15.5. The Hall–Kier alpha value is -2.52. The van der Waals surface area contributed by atoms with Gasteiger partial charge in [0, 0.05) is 58.6 Å². The molecular weight excluding hydrogens is 448 g/mol. The summed E-state index contributed by atoms with van der Waals surface area (Å²) < 4.78 is 16.3. The van der Waals surface area contributed by atoms with Gasteiger partial charge in [0.1, 0.15) is 12.2 Å². The normalized spacial score (nSPS) is 11.1. The van der Waals surface area contributed by atoms with Crippen LogP contribution in [0.25, 0.3) is 22.1 Å². The van der Waals surface area contributed by atoms with E-state index in [1.807, 2.05) is 19.9 Å². The SMILES string of the molecule is CC(C)C(=O)OCCSCCSCCOc1cc2oc(=O)c(-c3cccnc3)cc2cn1. The molecule has 0 bridgehead atoms. The summed E-state index contributed by atoms with van der Waals surface area (Å²) in [6, 6.07) is 6.98. The van der Waals surface area contributed by atoms with Gasteiger partial charge >= 0.3 is 11.6 Å². The predicted molar refractivity (Wildman–Crippen MR) is 129 cm³/mol. The van der Waals surface area contributed by atoms with Crippen molar-refractivity contribution in [2.75, 3.05) is 36.2 Å². The van der Waals surface area contributed by atoms with E-state index in [2.05, 4.69) is 9.97 Å². The van der Waals surface area contributed by atoms with Crippen LogP contribution in [0.3, 0.4) is 0 Å². The molecule has 3 rings (SSSR count). The number of rotatable bonds is 12. The van der Waals surface area contributed by atoms with Crippen molar-refractivity contribution >= 4 is 40.5 Å². The maximum Gasteiger partial charge on any atom is 0.344 e. The van der Waals surface area contributed by atoms with E-state index in [-0.39, 0.29) is 11.9 Å². The molecule has 3 aromatic heterocycles. The third-order valence-electron chi connectivity index (χ3n) is 4.36. The van der Waals surface area contributed by atoms with E-state index in [1.54, 1.807) is 60.3 Å². The third-order valence-corrected chi connectivity index (χ3v) is 6.51. The van der Waals surface area contributed by atoms with Crippen LogP contribution in [0.15, 0.2) is 52.1 Å². The Morgan fingerprint density at radius 2 is 1.88 bits per heavy atom. The zero-order chi connectivity index (χ0) is 22.8. The Kier molecular flexibility index (Phi) is 9.43. The minimum atomic E-state index is -0.422. The fourth-order valence-electron chi connectivity index (χ4n) is 2.69. The van der Waals surface area contributed by atoms with E-state index >= 15 is 0 Å². The topological polar surface area (TPSA) is 91.5 Å². The van der Waals surface area contributed by atoms with Crippen molar-refractivity contribution in [3.63, 3.8) is 0 Å². The highest BCUT2D eigenvalue weighted by Crippen LogP contribution is 2.22. The second kappa shape index (κ2) is 12.5. The minimum absolute atomic E-state index is 0.0759. The van der Waals surface area contributed by atoms with Crippen molar-refractivity contribution in [1.82, 2.24) is 9.97 Å². The molecule has 0 radical (unpaired) electrons. The Morgan fingerprint density at radius 3 is 2.59 bits per heavy atom. The number of pyridine rings is 2. The van der Waals surface area contributed by atoms with E-state index in [4.69, 9.17) is 13.9 Å². The first-order valence-electron chi connectivity index (χ1n) is 10.3. The van der Waals surface area contributed by atoms with Crippen LogP contribution in [-0.2, 0) is 9.53 Å². The molecule has 0 aromatic carbocycles. The number of carbonyl (C=O) groups excluding carboxylic acids is 1. The van der Waals surface area contributed by atoms with Gasteiger partial charge in [0.25, 0.3) is 0 Å². The molecule has 3 heterocycles. The van der Waals surface area contributed by atoms with Gasteiger partial charge in [0.05, 0.1) is 18.1 Å². The summed E-state index contributed by atoms with van der Waals surface area (Å²) in [6.07, 6.45) is 4.92. The second-order valence-corrected chi connectivity index (χ2v) is 9.59. The fourth-order valence-corrected chi connectivity index (χ4v) is 4.45. The van der Waals surface area contributed by atoms with Crippen LogP contribution in [0.1, 0.15) is 13.8 Å². The number of nitrogens with zero attached hydrogens (tertiary/aromatic N) is 2. The summed E-state index contributed by atoms with van der Waals surface area (Å²) in [6.45, 7) is 4.63. The monoisotopic (exact) mass is 474 g/mol. The van der Waals surface area contributed by atoms with Crippen LogP contribution < -0.4 is 10.4 Å². The highest BCUT2D eigenvalue weighted by molar-refractivity contribution is 8.02. The first-order valence-corrected chi connectivity index (χ1v) is 12.6. The van der Waals surface area contributed by atoms with Gasteiger partial charge in [-0.25, -0.2) is 9.78 Å². The molecule has 0 fully saturated rings. The maximum absolute atomic E-state index is 12.3. The lowest BCUT2D eigenvalue weighted by atomic mass is 10.1. The maximum atomic E-state index is 12.3. The van der Waals surface area contributed by atoms with Gasteiger partial charge < -0.3 is 13.9 Å². The van der Waals surface area contributed by atoms with Gasteiger partial charge in [0.15, 0.2) is 0 Å². The molecule has 9 heteroatoms. The number of esters is 1. The molecule has 0 unspecified atom stereocenters. The Labute approximate surface area is 195 Å². The first kappa shape index (κ1) is 24.1. The summed E-state index contributed by atoms with van der Waals surface area (Å²) in [5.74, 6) is 3.82. The molecule has 170 valence electrons. The van der Waals surface area contributed by atoms with Gasteiger partial charge in [-0.1, -0.05) is 19.9 Å². The molecular formula is C23H26N2O5S2. The molecule has 3 aromatic rings. The molecule has 0 saturated heterocycles. The minimum Gasteiger partial charge on any atom is -0.477 e. The van der Waals surface area contributed by atoms with Crippen molar-refractivity contribution in [2.24, 2.45) is 5.92 Å². The van der Waals surface area contributed by atoms with Crippen LogP contribution in [-0.4, -0.2) is 52.2 Å². The average molecular weight is 475 g/mol. The number of thioether (sulfide) groups is 2. The summed E-state index contributed by atoms with van der Waals surface area (Å²) in [4.78, 5) is 32.1. The van der Waals surface area contributed by atoms with Crippen molar-refractivity contribution in [2.45, 2.75) is 13.8 Å². The van der Waals surface area contributed by atoms with Crippen LogP contribution in [0.4, 0.5) is 0 Å². The lowest BCUT2D eigenvalue weighted by molar-refractivity contribution is -0.146. The molecule has 0 spiro atoms. The van der Waals surface area contributed by atoms with Crippen LogP contribution >= 0.6 is 23.5 Å². The molecule has 0 amide bonds. The molecule has 32 heavy (non-hydrogen) atoms. The zero-order valence-electron chi connectivity index (χ0n) is 18.1. The lowest BCUT2D eigenvalue weighted by Crippen LogP contribution is -2.13. The standard InChI is InChI=1S/C23H26N2O5S2/c1-16(2)22(26)29-7-9-32-11-10-31-8-6-28-21-13-20-18(15-25-21)12-19(23(27)30-20)17-4-3-5-24-14-17/h3-5,12-16H,6-11H2,1-2H3. The number of carbonyl (C=O) groups is 1. The van der Waals surface area contributed by atoms with Gasteiger partial charge in [-0.15, -0.1) is 0 Å². The quantitative estimate of drug-likeness (QED) is 0.281. The van der Waals surface area contributed by atoms with E-state index in [9.17, 15) is 9.59 Å². The highest BCUT2D eigenvalue weighted by atomic mass is 32.2. The van der Waals surface area contributed by atoms with Crippen molar-refractivity contribution < 1.29 is 18.7 Å². The molecule has 7 nitrogen and oxygen atoms in total. The summed E-state index contributed by atoms with van der Waals surface area (Å²) in [5, 5.41) is 0.723. The van der Waals surface area contributed by atoms with Crippen LogP contribution in [0.5, 0.6) is 5.88 Å². The number of hydrogen-bond donors (Lipinski definition) is 0. The predicted octanol–water partition coefficient (Wildman–Crippen LogP) is 4.29. The molecule has 0 aliphatic rings. The molecule has 0 aliphatic heterocycles. The Bertz CT molecular complexity index is 1070. The van der Waals surface area contributed by atoms with Crippen LogP contribution in [0.2, 0.25) is 0 Å².